The SMILES string of the molecule is CSCCC(N)C(=O)N1CCC(CN2CCc3ccccc32)CC1.Cl.Cl. The lowest BCUT2D eigenvalue weighted by Gasteiger charge is -2.35. The number of benzene rings is 1. The number of halogens is 2. The summed E-state index contributed by atoms with van der Waals surface area (Å²) >= 11 is 1.75. The van der Waals surface area contributed by atoms with Crippen LogP contribution in [0, 0.1) is 5.92 Å². The summed E-state index contributed by atoms with van der Waals surface area (Å²) in [5.74, 6) is 1.79. The number of nitrogens with zero attached hydrogens (tertiary/aromatic N) is 2. The van der Waals surface area contributed by atoms with Gasteiger partial charge >= 0.3 is 0 Å². The Hall–Kier alpha value is -0.620. The highest BCUT2D eigenvalue weighted by Gasteiger charge is 2.28. The number of amides is 1. The zero-order valence-corrected chi connectivity index (χ0v) is 17.9. The Bertz CT molecular complexity index is 567. The highest BCUT2D eigenvalue weighted by Crippen LogP contribution is 2.30. The van der Waals surface area contributed by atoms with E-state index in [-0.39, 0.29) is 36.8 Å². The molecule has 0 spiro atoms. The fraction of sp³-hybridized carbons (Fsp3) is 0.632. The van der Waals surface area contributed by atoms with Crippen molar-refractivity contribution in [2.75, 3.05) is 43.1 Å². The monoisotopic (exact) mass is 419 g/mol. The number of thioether (sulfide) groups is 1. The number of para-hydroxylation sites is 1. The second-order valence-electron chi connectivity index (χ2n) is 6.98. The van der Waals surface area contributed by atoms with Crippen LogP contribution in [-0.4, -0.2) is 55.0 Å². The van der Waals surface area contributed by atoms with Crippen molar-refractivity contribution in [3.8, 4) is 0 Å². The molecular weight excluding hydrogens is 389 g/mol. The molecular formula is C19H31Cl2N3OS. The van der Waals surface area contributed by atoms with E-state index in [2.05, 4.69) is 35.4 Å². The van der Waals surface area contributed by atoms with Crippen LogP contribution in [0.15, 0.2) is 24.3 Å². The molecule has 1 saturated heterocycles. The first kappa shape index (κ1) is 23.4. The number of hydrogen-bond acceptors (Lipinski definition) is 4. The van der Waals surface area contributed by atoms with Crippen LogP contribution in [0.3, 0.4) is 0 Å². The van der Waals surface area contributed by atoms with Gasteiger partial charge in [0.25, 0.3) is 0 Å². The third-order valence-electron chi connectivity index (χ3n) is 5.34. The van der Waals surface area contributed by atoms with E-state index in [0.29, 0.717) is 5.92 Å². The second-order valence-corrected chi connectivity index (χ2v) is 7.97. The van der Waals surface area contributed by atoms with Crippen LogP contribution >= 0.6 is 36.6 Å². The van der Waals surface area contributed by atoms with Crippen LogP contribution in [0.25, 0.3) is 0 Å². The first-order chi connectivity index (χ1) is 11.7. The fourth-order valence-electron chi connectivity index (χ4n) is 3.85. The van der Waals surface area contributed by atoms with E-state index in [1.165, 1.54) is 11.3 Å². The molecule has 1 atom stereocenters. The minimum absolute atomic E-state index is 0. The average Bonchev–Trinajstić information content (AvgIpc) is 3.03. The predicted molar refractivity (Wildman–Crippen MR) is 117 cm³/mol. The normalized spacial score (nSPS) is 17.9. The van der Waals surface area contributed by atoms with Crippen LogP contribution in [0.1, 0.15) is 24.8 Å². The number of hydrogen-bond donors (Lipinski definition) is 1. The number of likely N-dealkylation sites (tertiary alicyclic amines) is 1. The first-order valence-corrected chi connectivity index (χ1v) is 10.4. The number of carbonyl (C=O) groups is 1. The van der Waals surface area contributed by atoms with Crippen molar-refractivity contribution in [1.82, 2.24) is 4.90 Å². The van der Waals surface area contributed by atoms with Gasteiger partial charge in [-0.1, -0.05) is 18.2 Å². The summed E-state index contributed by atoms with van der Waals surface area (Å²) in [4.78, 5) is 16.9. The molecule has 2 N–H and O–H groups in total. The Morgan fingerprint density at radius 2 is 1.92 bits per heavy atom. The van der Waals surface area contributed by atoms with Crippen molar-refractivity contribution in [3.05, 3.63) is 29.8 Å². The quantitative estimate of drug-likeness (QED) is 0.768. The molecule has 2 aliphatic rings. The minimum atomic E-state index is -0.320. The second kappa shape index (κ2) is 11.3. The van der Waals surface area contributed by atoms with E-state index in [9.17, 15) is 4.79 Å². The largest absolute Gasteiger partial charge is 0.371 e. The lowest BCUT2D eigenvalue weighted by atomic mass is 9.95. The molecule has 3 rings (SSSR count). The summed E-state index contributed by atoms with van der Waals surface area (Å²) in [6.45, 7) is 3.99. The summed E-state index contributed by atoms with van der Waals surface area (Å²) in [6.07, 6.45) is 6.20. The van der Waals surface area contributed by atoms with E-state index in [4.69, 9.17) is 5.73 Å². The van der Waals surface area contributed by atoms with E-state index in [1.54, 1.807) is 11.8 Å². The Morgan fingerprint density at radius 3 is 2.62 bits per heavy atom. The van der Waals surface area contributed by atoms with Gasteiger partial charge in [-0.05, 0) is 55.2 Å². The molecule has 1 unspecified atom stereocenters. The average molecular weight is 420 g/mol. The number of piperidine rings is 1. The van der Waals surface area contributed by atoms with E-state index in [0.717, 1.165) is 57.6 Å². The van der Waals surface area contributed by atoms with Crippen LogP contribution in [0.4, 0.5) is 5.69 Å². The standard InChI is InChI=1S/C19H29N3OS.2ClH/c1-24-13-9-17(20)19(23)21-10-6-15(7-11-21)14-22-12-8-16-4-2-3-5-18(16)22;;/h2-5,15,17H,6-14,20H2,1H3;2*1H. The molecule has 148 valence electrons. The van der Waals surface area contributed by atoms with Gasteiger partial charge in [0, 0.05) is 31.9 Å². The van der Waals surface area contributed by atoms with E-state index < -0.39 is 0 Å². The molecule has 0 bridgehead atoms. The van der Waals surface area contributed by atoms with Crippen LogP contribution < -0.4 is 10.6 Å². The van der Waals surface area contributed by atoms with E-state index in [1.807, 2.05) is 4.90 Å². The van der Waals surface area contributed by atoms with Gasteiger partial charge in [-0.25, -0.2) is 0 Å². The minimum Gasteiger partial charge on any atom is -0.371 e. The van der Waals surface area contributed by atoms with Gasteiger partial charge in [-0.3, -0.25) is 4.79 Å². The van der Waals surface area contributed by atoms with Gasteiger partial charge in [-0.15, -0.1) is 24.8 Å². The van der Waals surface area contributed by atoms with E-state index >= 15 is 0 Å². The summed E-state index contributed by atoms with van der Waals surface area (Å²) in [7, 11) is 0. The van der Waals surface area contributed by atoms with Gasteiger partial charge in [-0.2, -0.15) is 11.8 Å². The molecule has 0 saturated carbocycles. The van der Waals surface area contributed by atoms with Crippen molar-refractivity contribution in [2.45, 2.75) is 31.7 Å². The smallest absolute Gasteiger partial charge is 0.239 e. The Morgan fingerprint density at radius 1 is 1.23 bits per heavy atom. The summed E-state index contributed by atoms with van der Waals surface area (Å²) in [5.41, 5.74) is 8.93. The molecule has 1 amide bonds. The van der Waals surface area contributed by atoms with Crippen molar-refractivity contribution in [2.24, 2.45) is 11.7 Å². The number of fused-ring (bicyclic) bond motifs is 1. The maximum absolute atomic E-state index is 12.4. The molecule has 1 aromatic rings. The molecule has 0 aliphatic carbocycles. The van der Waals surface area contributed by atoms with Crippen molar-refractivity contribution in [3.63, 3.8) is 0 Å². The van der Waals surface area contributed by atoms with Gasteiger partial charge < -0.3 is 15.5 Å². The number of rotatable bonds is 6. The highest BCUT2D eigenvalue weighted by atomic mass is 35.5. The lowest BCUT2D eigenvalue weighted by molar-refractivity contribution is -0.134. The maximum atomic E-state index is 12.4. The molecule has 1 aromatic carbocycles. The van der Waals surface area contributed by atoms with Crippen LogP contribution in [0.2, 0.25) is 0 Å². The third kappa shape index (κ3) is 5.69. The van der Waals surface area contributed by atoms with Crippen molar-refractivity contribution < 1.29 is 4.79 Å². The Balaban J connectivity index is 0.00000169. The fourth-order valence-corrected chi connectivity index (χ4v) is 4.34. The molecule has 1 fully saturated rings. The lowest BCUT2D eigenvalue weighted by Crippen LogP contribution is -2.48. The molecule has 0 aromatic heterocycles. The summed E-state index contributed by atoms with van der Waals surface area (Å²) in [6, 6.07) is 8.43. The molecule has 2 heterocycles. The maximum Gasteiger partial charge on any atom is 0.239 e. The van der Waals surface area contributed by atoms with Crippen LogP contribution in [-0.2, 0) is 11.2 Å². The molecule has 0 radical (unpaired) electrons. The van der Waals surface area contributed by atoms with Gasteiger partial charge in [0.2, 0.25) is 5.91 Å². The summed E-state index contributed by atoms with van der Waals surface area (Å²) in [5, 5.41) is 0. The number of anilines is 1. The topological polar surface area (TPSA) is 49.6 Å². The zero-order chi connectivity index (χ0) is 16.9. The van der Waals surface area contributed by atoms with Gasteiger partial charge in [0.1, 0.15) is 0 Å². The predicted octanol–water partition coefficient (Wildman–Crippen LogP) is 3.21. The highest BCUT2D eigenvalue weighted by molar-refractivity contribution is 7.98. The summed E-state index contributed by atoms with van der Waals surface area (Å²) < 4.78 is 0. The van der Waals surface area contributed by atoms with Gasteiger partial charge in [0.05, 0.1) is 6.04 Å². The van der Waals surface area contributed by atoms with Crippen molar-refractivity contribution >= 4 is 48.2 Å². The molecule has 26 heavy (non-hydrogen) atoms. The van der Waals surface area contributed by atoms with Crippen LogP contribution in [0.5, 0.6) is 0 Å². The number of nitrogens with two attached hydrogens (primary N) is 1. The molecule has 4 nitrogen and oxygen atoms in total. The number of carbonyl (C=O) groups excluding carboxylic acids is 1. The third-order valence-corrected chi connectivity index (χ3v) is 5.98. The molecule has 7 heteroatoms. The Labute approximate surface area is 174 Å². The Kier molecular flexibility index (Phi) is 10.2. The molecule has 2 aliphatic heterocycles. The first-order valence-electron chi connectivity index (χ1n) is 9.05. The zero-order valence-electron chi connectivity index (χ0n) is 15.4. The van der Waals surface area contributed by atoms with Gasteiger partial charge in [0.15, 0.2) is 0 Å². The van der Waals surface area contributed by atoms with Crippen molar-refractivity contribution in [1.29, 1.82) is 0 Å².